The van der Waals surface area contributed by atoms with Gasteiger partial charge in [0.15, 0.2) is 5.65 Å². The molecule has 1 fully saturated rings. The first-order valence-corrected chi connectivity index (χ1v) is 15.6. The van der Waals surface area contributed by atoms with Crippen LogP contribution >= 0.6 is 0 Å². The quantitative estimate of drug-likeness (QED) is 0.276. The minimum absolute atomic E-state index is 0.000798. The molecule has 6 rings (SSSR count). The van der Waals surface area contributed by atoms with Crippen molar-refractivity contribution in [2.45, 2.75) is 89.9 Å². The molecular formula is C34H40N6O4. The van der Waals surface area contributed by atoms with E-state index in [0.717, 1.165) is 60.1 Å². The van der Waals surface area contributed by atoms with Crippen LogP contribution in [0.5, 0.6) is 0 Å². The highest BCUT2D eigenvalue weighted by Gasteiger charge is 2.29. The highest BCUT2D eigenvalue weighted by molar-refractivity contribution is 6.16. The average molecular weight is 597 g/mol. The number of benzene rings is 2. The number of nitrogens with one attached hydrogen (secondary N) is 1. The lowest BCUT2D eigenvalue weighted by Crippen LogP contribution is -2.36. The largest absolute Gasteiger partial charge is 0.388 e. The molecule has 2 N–H and O–H groups in total. The number of carbonyl (C=O) groups excluding carboxylic acids is 1. The normalized spacial score (nSPS) is 18.9. The first-order chi connectivity index (χ1) is 21.2. The van der Waals surface area contributed by atoms with E-state index >= 15 is 0 Å². The first kappa shape index (κ1) is 29.9. The van der Waals surface area contributed by atoms with Gasteiger partial charge < -0.3 is 9.84 Å². The number of fused-ring (bicyclic) bond motifs is 1. The van der Waals surface area contributed by atoms with Crippen molar-refractivity contribution < 1.29 is 14.6 Å². The molecule has 3 heterocycles. The Morgan fingerprint density at radius 1 is 1.05 bits per heavy atom. The van der Waals surface area contributed by atoms with Gasteiger partial charge in [-0.3, -0.25) is 14.2 Å². The maximum Gasteiger partial charge on any atom is 0.257 e. The third kappa shape index (κ3) is 6.23. The van der Waals surface area contributed by atoms with Crippen molar-refractivity contribution in [3.8, 4) is 11.1 Å². The van der Waals surface area contributed by atoms with E-state index < -0.39 is 5.60 Å². The maximum absolute atomic E-state index is 14.4. The summed E-state index contributed by atoms with van der Waals surface area (Å²) in [6.45, 7) is 5.88. The highest BCUT2D eigenvalue weighted by atomic mass is 16.5. The Kier molecular flexibility index (Phi) is 8.46. The Morgan fingerprint density at radius 3 is 2.50 bits per heavy atom. The molecule has 2 aliphatic rings. The number of hydrazone groups is 1. The second-order valence-corrected chi connectivity index (χ2v) is 12.6. The fraction of sp³-hybridized carbons (Fsp3) is 0.441. The Hall–Kier alpha value is -4.15. The van der Waals surface area contributed by atoms with Gasteiger partial charge in [0.25, 0.3) is 5.56 Å². The zero-order valence-corrected chi connectivity index (χ0v) is 25.6. The number of hydrogen-bond acceptors (Lipinski definition) is 7. The molecule has 1 amide bonds. The van der Waals surface area contributed by atoms with Crippen LogP contribution in [0.3, 0.4) is 0 Å². The molecule has 1 aliphatic heterocycles. The van der Waals surface area contributed by atoms with Crippen LogP contribution < -0.4 is 11.0 Å². The lowest BCUT2D eigenvalue weighted by Gasteiger charge is -2.32. The number of rotatable bonds is 10. The van der Waals surface area contributed by atoms with Crippen LogP contribution in [0.15, 0.2) is 64.6 Å². The predicted molar refractivity (Wildman–Crippen MR) is 169 cm³/mol. The number of carbonyl (C=O) groups is 1. The van der Waals surface area contributed by atoms with E-state index in [1.54, 1.807) is 20.0 Å². The third-order valence-electron chi connectivity index (χ3n) is 8.53. The molecule has 2 aromatic heterocycles. The summed E-state index contributed by atoms with van der Waals surface area (Å²) < 4.78 is 9.73. The van der Waals surface area contributed by atoms with Crippen LogP contribution in [0.4, 0.5) is 0 Å². The van der Waals surface area contributed by atoms with E-state index in [9.17, 15) is 14.7 Å². The number of amides is 1. The summed E-state index contributed by atoms with van der Waals surface area (Å²) >= 11 is 0. The molecule has 2 aromatic carbocycles. The van der Waals surface area contributed by atoms with Crippen molar-refractivity contribution in [3.63, 3.8) is 0 Å². The molecule has 10 nitrogen and oxygen atoms in total. The van der Waals surface area contributed by atoms with Gasteiger partial charge in [-0.15, -0.1) is 5.10 Å². The van der Waals surface area contributed by atoms with Crippen LogP contribution in [0, 0.1) is 0 Å². The molecule has 230 valence electrons. The van der Waals surface area contributed by atoms with Crippen molar-refractivity contribution in [2.24, 2.45) is 5.10 Å². The van der Waals surface area contributed by atoms with E-state index in [4.69, 9.17) is 4.74 Å². The van der Waals surface area contributed by atoms with Crippen molar-refractivity contribution >= 4 is 17.3 Å². The van der Waals surface area contributed by atoms with Gasteiger partial charge in [-0.05, 0) is 68.7 Å². The fourth-order valence-corrected chi connectivity index (χ4v) is 6.43. The van der Waals surface area contributed by atoms with Crippen molar-refractivity contribution in [1.29, 1.82) is 0 Å². The number of ether oxygens (including phenoxy) is 1. The molecule has 0 bridgehead atoms. The van der Waals surface area contributed by atoms with Crippen molar-refractivity contribution in [2.75, 3.05) is 6.61 Å². The average Bonchev–Trinajstić information content (AvgIpc) is 3.68. The smallest absolute Gasteiger partial charge is 0.257 e. The molecule has 0 radical (unpaired) electrons. The number of aryl methyl sites for hydroxylation is 1. The van der Waals surface area contributed by atoms with Gasteiger partial charge in [0.1, 0.15) is 0 Å². The summed E-state index contributed by atoms with van der Waals surface area (Å²) in [4.78, 5) is 26.5. The number of hydrogen-bond donors (Lipinski definition) is 2. The first-order valence-electron chi connectivity index (χ1n) is 15.6. The molecule has 0 saturated heterocycles. The molecule has 1 saturated carbocycles. The Morgan fingerprint density at radius 2 is 1.82 bits per heavy atom. The molecule has 44 heavy (non-hydrogen) atoms. The van der Waals surface area contributed by atoms with E-state index in [-0.39, 0.29) is 36.6 Å². The van der Waals surface area contributed by atoms with Crippen molar-refractivity contribution in [3.05, 3.63) is 87.5 Å². The minimum atomic E-state index is -0.872. The zero-order chi connectivity index (χ0) is 30.8. The summed E-state index contributed by atoms with van der Waals surface area (Å²) in [5.41, 5.74) is 8.59. The van der Waals surface area contributed by atoms with Gasteiger partial charge in [0, 0.05) is 23.6 Å². The molecule has 4 aromatic rings. The molecule has 1 aliphatic carbocycles. The summed E-state index contributed by atoms with van der Waals surface area (Å²) in [5, 5.41) is 23.1. The fourth-order valence-electron chi connectivity index (χ4n) is 6.43. The van der Waals surface area contributed by atoms with Crippen LogP contribution in [0.2, 0.25) is 0 Å². The van der Waals surface area contributed by atoms with Crippen LogP contribution in [-0.2, 0) is 22.4 Å². The van der Waals surface area contributed by atoms with Crippen LogP contribution in [0.1, 0.15) is 87.7 Å². The van der Waals surface area contributed by atoms with Gasteiger partial charge in [-0.2, -0.15) is 5.10 Å². The standard InChI is InChI=1S/C34H40N6O4/c1-4-8-30-28(18-22-11-16-26(23-9-6-5-7-10-23)27(17-22)29-19-31(41)37-36-29)33(42)39(32-20-35-38-40(30)32)24-12-14-25(15-13-24)44-21-34(2,3)43/h5-7,9-11,16-17,20,24-25,43H,4,8,12-15,18-19,21H2,1-3H3,(H,37,41). The predicted octanol–water partition coefficient (Wildman–Crippen LogP) is 4.60. The topological polar surface area (TPSA) is 123 Å². The van der Waals surface area contributed by atoms with E-state index in [0.29, 0.717) is 29.8 Å². The Bertz CT molecular complexity index is 1740. The minimum Gasteiger partial charge on any atom is -0.388 e. The van der Waals surface area contributed by atoms with Gasteiger partial charge in [-0.1, -0.05) is 61.0 Å². The molecule has 0 spiro atoms. The van der Waals surface area contributed by atoms with Crippen molar-refractivity contribution in [1.82, 2.24) is 24.8 Å². The zero-order valence-electron chi connectivity index (χ0n) is 25.6. The van der Waals surface area contributed by atoms with Crippen LogP contribution in [0.25, 0.3) is 16.8 Å². The van der Waals surface area contributed by atoms with Gasteiger partial charge in [0.2, 0.25) is 5.91 Å². The van der Waals surface area contributed by atoms with E-state index in [1.165, 1.54) is 0 Å². The lowest BCUT2D eigenvalue weighted by molar-refractivity contribution is -0.119. The summed E-state index contributed by atoms with van der Waals surface area (Å²) in [6, 6.07) is 16.2. The lowest BCUT2D eigenvalue weighted by atomic mass is 9.91. The number of aromatic nitrogens is 4. The van der Waals surface area contributed by atoms with E-state index in [2.05, 4.69) is 46.0 Å². The second kappa shape index (κ2) is 12.5. The van der Waals surface area contributed by atoms with Gasteiger partial charge >= 0.3 is 0 Å². The molecule has 0 unspecified atom stereocenters. The number of aliphatic hydroxyl groups is 1. The van der Waals surface area contributed by atoms with Gasteiger partial charge in [-0.25, -0.2) is 9.94 Å². The third-order valence-corrected chi connectivity index (χ3v) is 8.53. The Labute approximate surface area is 256 Å². The molecule has 0 atom stereocenters. The maximum atomic E-state index is 14.4. The summed E-state index contributed by atoms with van der Waals surface area (Å²) in [6.07, 6.45) is 7.15. The number of nitrogens with zero attached hydrogens (tertiary/aromatic N) is 5. The monoisotopic (exact) mass is 596 g/mol. The Balaban J connectivity index is 1.37. The second-order valence-electron chi connectivity index (χ2n) is 12.6. The van der Waals surface area contributed by atoms with Gasteiger partial charge in [0.05, 0.1) is 42.3 Å². The summed E-state index contributed by atoms with van der Waals surface area (Å²) in [5.74, 6) is -0.130. The molecule has 10 heteroatoms. The van der Waals surface area contributed by atoms with Crippen LogP contribution in [-0.4, -0.2) is 54.4 Å². The summed E-state index contributed by atoms with van der Waals surface area (Å²) in [7, 11) is 0. The highest BCUT2D eigenvalue weighted by Crippen LogP contribution is 2.32. The SMILES string of the molecule is CCCc1c(Cc2ccc(-c3ccccc3)c(C3=NNC(=O)C3)c2)c(=O)n(C2CCC(OCC(C)(C)O)CC2)c2cnnn12. The van der Waals surface area contributed by atoms with E-state index in [1.807, 2.05) is 39.4 Å². The molecular weight excluding hydrogens is 556 g/mol.